The van der Waals surface area contributed by atoms with E-state index in [2.05, 4.69) is 35.3 Å². The molecule has 1 aliphatic carbocycles. The van der Waals surface area contributed by atoms with Crippen LogP contribution in [0.3, 0.4) is 0 Å². The van der Waals surface area contributed by atoms with E-state index in [0.29, 0.717) is 16.0 Å². The summed E-state index contributed by atoms with van der Waals surface area (Å²) in [4.78, 5) is 4.42. The lowest BCUT2D eigenvalue weighted by molar-refractivity contribution is 0.722. The first kappa shape index (κ1) is 13.7. The third-order valence-electron chi connectivity index (χ3n) is 3.93. The zero-order valence-electron chi connectivity index (χ0n) is 11.2. The Hall–Kier alpha value is -1.31. The summed E-state index contributed by atoms with van der Waals surface area (Å²) >= 11 is 12.2. The Labute approximate surface area is 129 Å². The Bertz CT molecular complexity index is 676. The number of halogens is 2. The SMILES string of the molecule is C/N=C1\CC[C@H](c2ccc(Cl)c(Cl)c2)c2ccccc21. The third kappa shape index (κ3) is 2.36. The minimum Gasteiger partial charge on any atom is -0.292 e. The van der Waals surface area contributed by atoms with Gasteiger partial charge in [-0.2, -0.15) is 0 Å². The highest BCUT2D eigenvalue weighted by Gasteiger charge is 2.25. The fourth-order valence-electron chi connectivity index (χ4n) is 2.94. The fourth-order valence-corrected chi connectivity index (χ4v) is 3.25. The standard InChI is InChI=1S/C17H15Cl2N/c1-20-17-9-7-12(13-4-2-3-5-14(13)17)11-6-8-15(18)16(19)10-11/h2-6,8,10,12H,7,9H2,1H3/b20-17+/t12-/m1/s1. The van der Waals surface area contributed by atoms with Crippen LogP contribution in [0.25, 0.3) is 0 Å². The van der Waals surface area contributed by atoms with E-state index in [1.165, 1.54) is 22.4 Å². The second kappa shape index (κ2) is 5.59. The van der Waals surface area contributed by atoms with Crippen LogP contribution in [0.2, 0.25) is 10.0 Å². The van der Waals surface area contributed by atoms with Gasteiger partial charge in [-0.3, -0.25) is 4.99 Å². The van der Waals surface area contributed by atoms with Crippen molar-refractivity contribution in [3.63, 3.8) is 0 Å². The molecule has 2 aromatic rings. The maximum absolute atomic E-state index is 6.16. The molecule has 3 heteroatoms. The zero-order valence-corrected chi connectivity index (χ0v) is 12.7. The average molecular weight is 304 g/mol. The molecular weight excluding hydrogens is 289 g/mol. The molecule has 0 saturated carbocycles. The predicted molar refractivity (Wildman–Crippen MR) is 86.4 cm³/mol. The van der Waals surface area contributed by atoms with Crippen molar-refractivity contribution in [2.24, 2.45) is 4.99 Å². The van der Waals surface area contributed by atoms with Crippen LogP contribution in [0, 0.1) is 0 Å². The first-order valence-electron chi connectivity index (χ1n) is 6.70. The van der Waals surface area contributed by atoms with Crippen LogP contribution in [0.15, 0.2) is 47.5 Å². The normalized spacial score (nSPS) is 19.9. The van der Waals surface area contributed by atoms with E-state index >= 15 is 0 Å². The van der Waals surface area contributed by atoms with Gasteiger partial charge in [-0.05, 0) is 41.7 Å². The summed E-state index contributed by atoms with van der Waals surface area (Å²) in [6.45, 7) is 0. The number of aliphatic imine (C=N–C) groups is 1. The topological polar surface area (TPSA) is 12.4 Å². The van der Waals surface area contributed by atoms with Crippen molar-refractivity contribution in [3.8, 4) is 0 Å². The summed E-state index contributed by atoms with van der Waals surface area (Å²) < 4.78 is 0. The van der Waals surface area contributed by atoms with Crippen molar-refractivity contribution in [1.82, 2.24) is 0 Å². The molecule has 1 atom stereocenters. The Balaban J connectivity index is 2.09. The van der Waals surface area contributed by atoms with Gasteiger partial charge in [0, 0.05) is 18.7 Å². The molecule has 0 amide bonds. The molecule has 0 saturated heterocycles. The Morgan fingerprint density at radius 3 is 2.60 bits per heavy atom. The quantitative estimate of drug-likeness (QED) is 0.674. The molecule has 0 aliphatic heterocycles. The number of hydrogen-bond donors (Lipinski definition) is 0. The molecule has 20 heavy (non-hydrogen) atoms. The number of nitrogens with zero attached hydrogens (tertiary/aromatic N) is 1. The highest BCUT2D eigenvalue weighted by Crippen LogP contribution is 2.38. The van der Waals surface area contributed by atoms with E-state index in [4.69, 9.17) is 23.2 Å². The predicted octanol–water partition coefficient (Wildman–Crippen LogP) is 5.34. The fraction of sp³-hybridized carbons (Fsp3) is 0.235. The van der Waals surface area contributed by atoms with E-state index in [9.17, 15) is 0 Å². The average Bonchev–Trinajstić information content (AvgIpc) is 2.49. The lowest BCUT2D eigenvalue weighted by Gasteiger charge is -2.27. The molecular formula is C17H15Cl2N. The first-order chi connectivity index (χ1) is 9.70. The highest BCUT2D eigenvalue weighted by molar-refractivity contribution is 6.42. The summed E-state index contributed by atoms with van der Waals surface area (Å²) in [6, 6.07) is 14.4. The van der Waals surface area contributed by atoms with Gasteiger partial charge in [-0.15, -0.1) is 0 Å². The third-order valence-corrected chi connectivity index (χ3v) is 4.67. The smallest absolute Gasteiger partial charge is 0.0595 e. The monoisotopic (exact) mass is 303 g/mol. The van der Waals surface area contributed by atoms with Gasteiger partial charge in [-0.25, -0.2) is 0 Å². The van der Waals surface area contributed by atoms with Crippen LogP contribution >= 0.6 is 23.2 Å². The Morgan fingerprint density at radius 2 is 1.85 bits per heavy atom. The minimum absolute atomic E-state index is 0.367. The Morgan fingerprint density at radius 1 is 1.05 bits per heavy atom. The van der Waals surface area contributed by atoms with E-state index in [1.807, 2.05) is 19.2 Å². The largest absolute Gasteiger partial charge is 0.292 e. The maximum atomic E-state index is 6.16. The number of benzene rings is 2. The van der Waals surface area contributed by atoms with Crippen molar-refractivity contribution in [1.29, 1.82) is 0 Å². The van der Waals surface area contributed by atoms with Gasteiger partial charge in [0.1, 0.15) is 0 Å². The van der Waals surface area contributed by atoms with Gasteiger partial charge in [0.2, 0.25) is 0 Å². The molecule has 1 aliphatic rings. The molecule has 0 N–H and O–H groups in total. The number of hydrogen-bond acceptors (Lipinski definition) is 1. The van der Waals surface area contributed by atoms with Crippen LogP contribution in [-0.2, 0) is 0 Å². The molecule has 0 fully saturated rings. The molecule has 2 aromatic carbocycles. The number of fused-ring (bicyclic) bond motifs is 1. The Kier molecular flexibility index (Phi) is 3.82. The van der Waals surface area contributed by atoms with E-state index in [1.54, 1.807) is 0 Å². The lowest BCUT2D eigenvalue weighted by Crippen LogP contribution is -2.17. The van der Waals surface area contributed by atoms with Crippen LogP contribution in [0.4, 0.5) is 0 Å². The minimum atomic E-state index is 0.367. The van der Waals surface area contributed by atoms with Crippen molar-refractivity contribution in [2.45, 2.75) is 18.8 Å². The summed E-state index contributed by atoms with van der Waals surface area (Å²) in [5.41, 5.74) is 5.01. The van der Waals surface area contributed by atoms with Gasteiger partial charge in [0.05, 0.1) is 10.0 Å². The van der Waals surface area contributed by atoms with Gasteiger partial charge in [0.15, 0.2) is 0 Å². The summed E-state index contributed by atoms with van der Waals surface area (Å²) in [5, 5.41) is 1.23. The molecule has 0 bridgehead atoms. The molecule has 102 valence electrons. The van der Waals surface area contributed by atoms with Gasteiger partial charge in [0.25, 0.3) is 0 Å². The molecule has 0 unspecified atom stereocenters. The van der Waals surface area contributed by atoms with Crippen molar-refractivity contribution in [3.05, 3.63) is 69.2 Å². The van der Waals surface area contributed by atoms with E-state index in [0.717, 1.165) is 12.8 Å². The summed E-state index contributed by atoms with van der Waals surface area (Å²) in [6.07, 6.45) is 2.06. The molecule has 0 spiro atoms. The first-order valence-corrected chi connectivity index (χ1v) is 7.46. The maximum Gasteiger partial charge on any atom is 0.0595 e. The second-order valence-corrected chi connectivity index (χ2v) is 5.84. The second-order valence-electron chi connectivity index (χ2n) is 5.02. The zero-order chi connectivity index (χ0) is 14.1. The van der Waals surface area contributed by atoms with Crippen molar-refractivity contribution < 1.29 is 0 Å². The van der Waals surface area contributed by atoms with Crippen LogP contribution in [0.5, 0.6) is 0 Å². The molecule has 1 nitrogen and oxygen atoms in total. The van der Waals surface area contributed by atoms with Crippen molar-refractivity contribution >= 4 is 28.9 Å². The lowest BCUT2D eigenvalue weighted by atomic mass is 9.78. The van der Waals surface area contributed by atoms with Crippen molar-refractivity contribution in [2.75, 3.05) is 7.05 Å². The molecule has 0 aromatic heterocycles. The van der Waals surface area contributed by atoms with Crippen LogP contribution in [-0.4, -0.2) is 12.8 Å². The summed E-state index contributed by atoms with van der Waals surface area (Å²) in [7, 11) is 1.87. The molecule has 0 radical (unpaired) electrons. The molecule has 3 rings (SSSR count). The highest BCUT2D eigenvalue weighted by atomic mass is 35.5. The van der Waals surface area contributed by atoms with Crippen LogP contribution < -0.4 is 0 Å². The van der Waals surface area contributed by atoms with Gasteiger partial charge < -0.3 is 0 Å². The van der Waals surface area contributed by atoms with E-state index < -0.39 is 0 Å². The van der Waals surface area contributed by atoms with Gasteiger partial charge >= 0.3 is 0 Å². The van der Waals surface area contributed by atoms with Gasteiger partial charge in [-0.1, -0.05) is 53.5 Å². The van der Waals surface area contributed by atoms with E-state index in [-0.39, 0.29) is 0 Å². The summed E-state index contributed by atoms with van der Waals surface area (Å²) in [5.74, 6) is 0.367. The molecule has 0 heterocycles. The van der Waals surface area contributed by atoms with Crippen LogP contribution in [0.1, 0.15) is 35.4 Å². The number of rotatable bonds is 1.